The topological polar surface area (TPSA) is 104 Å². The van der Waals surface area contributed by atoms with Crippen LogP contribution in [0.1, 0.15) is 39.0 Å². The number of para-hydroxylation sites is 1. The van der Waals surface area contributed by atoms with E-state index < -0.39 is 31.1 Å². The largest absolute Gasteiger partial charge is 0.480 e. The molecule has 0 aliphatic carbocycles. The van der Waals surface area contributed by atoms with Gasteiger partial charge in [-0.15, -0.1) is 0 Å². The van der Waals surface area contributed by atoms with E-state index in [1.54, 1.807) is 0 Å². The van der Waals surface area contributed by atoms with E-state index >= 15 is 0 Å². The number of aryl methyl sites for hydroxylation is 1. The van der Waals surface area contributed by atoms with Crippen molar-refractivity contribution in [1.82, 2.24) is 9.78 Å². The van der Waals surface area contributed by atoms with Crippen molar-refractivity contribution in [2.45, 2.75) is 56.6 Å². The minimum atomic E-state index is -6.72. The van der Waals surface area contributed by atoms with Crippen LogP contribution in [-0.4, -0.2) is 37.6 Å². The summed E-state index contributed by atoms with van der Waals surface area (Å²) in [6.45, 7) is 3.31. The van der Waals surface area contributed by atoms with Gasteiger partial charge in [0.15, 0.2) is 20.0 Å². The lowest BCUT2D eigenvalue weighted by molar-refractivity contribution is -0.697. The number of hydrogen-bond acceptors (Lipinski definition) is 5. The maximum absolute atomic E-state index is 11.4. The summed E-state index contributed by atoms with van der Waals surface area (Å²) in [5, 5.41) is 4.38. The maximum Gasteiger partial charge on any atom is 0.480 e. The van der Waals surface area contributed by atoms with Gasteiger partial charge in [0.2, 0.25) is 6.33 Å². The van der Waals surface area contributed by atoms with Crippen molar-refractivity contribution in [2.75, 3.05) is 0 Å². The predicted octanol–water partition coefficient (Wildman–Crippen LogP) is 4.19. The van der Waals surface area contributed by atoms with Gasteiger partial charge in [0.25, 0.3) is 6.33 Å². The summed E-state index contributed by atoms with van der Waals surface area (Å²) in [4.78, 5) is 0. The first kappa shape index (κ1) is 28.8. The van der Waals surface area contributed by atoms with Crippen LogP contribution in [0.25, 0.3) is 9.81 Å². The van der Waals surface area contributed by atoms with E-state index in [0.29, 0.717) is 0 Å². The first-order chi connectivity index (χ1) is 15.1. The summed E-state index contributed by atoms with van der Waals surface area (Å²) in [7, 11) is -13.4. The summed E-state index contributed by atoms with van der Waals surface area (Å²) < 4.78 is 113. The van der Waals surface area contributed by atoms with Gasteiger partial charge in [-0.1, -0.05) is 55.5 Å². The Balaban J connectivity index is 0.000000337. The number of sulfonamides is 2. The fourth-order valence-corrected chi connectivity index (χ4v) is 3.97. The highest BCUT2D eigenvalue weighted by Crippen LogP contribution is 2.36. The number of alkyl halides is 6. The van der Waals surface area contributed by atoms with Gasteiger partial charge in [-0.3, -0.25) is 0 Å². The van der Waals surface area contributed by atoms with Crippen LogP contribution in [0.3, 0.4) is 0 Å². The lowest BCUT2D eigenvalue weighted by Crippen LogP contribution is -2.30. The van der Waals surface area contributed by atoms with Gasteiger partial charge < -0.3 is 4.13 Å². The molecule has 2 rings (SSSR count). The summed E-state index contributed by atoms with van der Waals surface area (Å²) in [5.41, 5.74) is -11.3. The zero-order valence-corrected chi connectivity index (χ0v) is 18.9. The quantitative estimate of drug-likeness (QED) is 0.278. The molecule has 0 fully saturated rings. The SMILES string of the molecule is CCCCCCC[n+]1cnn(-c2ccccc2)c1.O=S(=O)([N-]S(=O)(=O)C(F)(F)F)C(F)(F)F. The Kier molecular flexibility index (Phi) is 10.3. The van der Waals surface area contributed by atoms with Crippen molar-refractivity contribution in [3.05, 3.63) is 47.1 Å². The Morgan fingerprint density at radius 1 is 0.879 bits per heavy atom. The van der Waals surface area contributed by atoms with Gasteiger partial charge in [-0.25, -0.2) is 21.4 Å². The third-order valence-electron chi connectivity index (χ3n) is 3.90. The van der Waals surface area contributed by atoms with Gasteiger partial charge in [-0.05, 0) is 18.6 Å². The standard InChI is InChI=1S/C15H22N3.C2F6NO4S2/c1-2-3-4-5-9-12-17-13-16-18(14-17)15-10-7-6-8-11-15;3-1(4,5)14(10,11)9-15(12,13)2(6,7)8/h6-8,10-11,13-14H,2-5,9,12H2,1H3;/q+1;-1. The second-order valence-electron chi connectivity index (χ2n) is 6.59. The van der Waals surface area contributed by atoms with Crippen LogP contribution in [0.4, 0.5) is 26.3 Å². The Hall–Kier alpha value is -2.20. The molecule has 1 aromatic heterocycles. The first-order valence-electron chi connectivity index (χ1n) is 9.46. The fraction of sp³-hybridized carbons (Fsp3) is 0.529. The molecule has 0 atom stereocenters. The molecule has 0 saturated heterocycles. The van der Waals surface area contributed by atoms with Crippen molar-refractivity contribution < 1.29 is 47.7 Å². The summed E-state index contributed by atoms with van der Waals surface area (Å²) in [6.07, 6.45) is 10.5. The van der Waals surface area contributed by atoms with E-state index in [0.717, 1.165) is 16.4 Å². The molecular formula is C17H22F6N4O4S2. The molecule has 0 saturated carbocycles. The molecule has 0 spiro atoms. The number of unbranched alkanes of at least 4 members (excludes halogenated alkanes) is 4. The van der Waals surface area contributed by atoms with E-state index in [9.17, 15) is 43.2 Å². The Labute approximate surface area is 187 Å². The zero-order chi connectivity index (χ0) is 25.3. The van der Waals surface area contributed by atoms with Gasteiger partial charge in [-0.2, -0.15) is 26.3 Å². The molecule has 1 heterocycles. The predicted molar refractivity (Wildman–Crippen MR) is 106 cm³/mol. The normalized spacial score (nSPS) is 12.8. The highest BCUT2D eigenvalue weighted by Gasteiger charge is 2.46. The summed E-state index contributed by atoms with van der Waals surface area (Å²) in [5.74, 6) is 0. The Morgan fingerprint density at radius 2 is 1.39 bits per heavy atom. The minimum absolute atomic E-state index is 0.778. The fourth-order valence-electron chi connectivity index (χ4n) is 2.26. The summed E-state index contributed by atoms with van der Waals surface area (Å²) >= 11 is 0. The van der Waals surface area contributed by atoms with Crippen molar-refractivity contribution in [1.29, 1.82) is 0 Å². The van der Waals surface area contributed by atoms with Crippen LogP contribution in [0.15, 0.2) is 43.0 Å². The van der Waals surface area contributed by atoms with Gasteiger partial charge in [0.05, 0.1) is 6.54 Å². The summed E-state index contributed by atoms with van der Waals surface area (Å²) in [6, 6.07) is 10.2. The number of aromatic nitrogens is 3. The number of hydrogen-bond donors (Lipinski definition) is 0. The number of nitrogens with zero attached hydrogens (tertiary/aromatic N) is 4. The second-order valence-corrected chi connectivity index (χ2v) is 10.0. The second kappa shape index (κ2) is 11.8. The molecule has 0 unspecified atom stereocenters. The van der Waals surface area contributed by atoms with Gasteiger partial charge >= 0.3 is 11.0 Å². The Morgan fingerprint density at radius 3 is 1.88 bits per heavy atom. The van der Waals surface area contributed by atoms with E-state index in [4.69, 9.17) is 0 Å². The van der Waals surface area contributed by atoms with Crippen LogP contribution in [0.2, 0.25) is 0 Å². The third-order valence-corrected chi connectivity index (χ3v) is 6.64. The molecule has 2 aromatic rings. The highest BCUT2D eigenvalue weighted by atomic mass is 32.3. The first-order valence-corrected chi connectivity index (χ1v) is 12.3. The van der Waals surface area contributed by atoms with E-state index in [-0.39, 0.29) is 0 Å². The number of halogens is 6. The van der Waals surface area contributed by atoms with Crippen LogP contribution in [-0.2, 0) is 26.6 Å². The lowest BCUT2D eigenvalue weighted by Gasteiger charge is -2.22. The van der Waals surface area contributed by atoms with Crippen LogP contribution >= 0.6 is 0 Å². The molecule has 0 aliphatic rings. The molecule has 0 radical (unpaired) electrons. The average molecular weight is 525 g/mol. The molecule has 0 bridgehead atoms. The zero-order valence-electron chi connectivity index (χ0n) is 17.3. The molecule has 1 aromatic carbocycles. The van der Waals surface area contributed by atoms with Crippen molar-refractivity contribution in [2.24, 2.45) is 0 Å². The smallest absolute Gasteiger partial charge is 0.421 e. The van der Waals surface area contributed by atoms with E-state index in [1.807, 2.05) is 29.2 Å². The molecule has 0 aliphatic heterocycles. The van der Waals surface area contributed by atoms with Gasteiger partial charge in [0.1, 0.15) is 5.69 Å². The third kappa shape index (κ3) is 9.29. The highest BCUT2D eigenvalue weighted by molar-refractivity contribution is 8.13. The van der Waals surface area contributed by atoms with Gasteiger partial charge in [0, 0.05) is 5.10 Å². The molecule has 188 valence electrons. The van der Waals surface area contributed by atoms with Crippen molar-refractivity contribution >= 4 is 20.0 Å². The number of rotatable bonds is 9. The van der Waals surface area contributed by atoms with Crippen LogP contribution < -0.4 is 4.57 Å². The van der Waals surface area contributed by atoms with Crippen LogP contribution in [0.5, 0.6) is 0 Å². The minimum Gasteiger partial charge on any atom is -0.421 e. The number of benzene rings is 1. The van der Waals surface area contributed by atoms with E-state index in [2.05, 4.69) is 35.0 Å². The lowest BCUT2D eigenvalue weighted by atomic mass is 10.1. The molecule has 0 N–H and O–H groups in total. The maximum atomic E-state index is 11.4. The van der Waals surface area contributed by atoms with Crippen molar-refractivity contribution in [3.63, 3.8) is 0 Å². The van der Waals surface area contributed by atoms with Crippen LogP contribution in [0, 0.1) is 0 Å². The molecule has 16 heteroatoms. The van der Waals surface area contributed by atoms with Crippen molar-refractivity contribution in [3.8, 4) is 5.69 Å². The molecule has 33 heavy (non-hydrogen) atoms. The molecule has 8 nitrogen and oxygen atoms in total. The van der Waals surface area contributed by atoms with E-state index in [1.165, 1.54) is 32.1 Å². The molecule has 0 amide bonds. The Bertz CT molecular complexity index is 1030. The monoisotopic (exact) mass is 524 g/mol. The average Bonchev–Trinajstić information content (AvgIpc) is 3.15. The molecular weight excluding hydrogens is 502 g/mol.